The maximum absolute atomic E-state index is 14.5. The minimum atomic E-state index is -0.545. The minimum Gasteiger partial charge on any atom is -0.493 e. The average Bonchev–Trinajstić information content (AvgIpc) is 3.58. The molecule has 2 aliphatic heterocycles. The number of benzene rings is 4. The predicted octanol–water partition coefficient (Wildman–Crippen LogP) is 11.6. The summed E-state index contributed by atoms with van der Waals surface area (Å²) in [6, 6.07) is 17.7. The summed E-state index contributed by atoms with van der Waals surface area (Å²) >= 11 is 11.9. The van der Waals surface area contributed by atoms with Gasteiger partial charge >= 0.3 is 0 Å². The number of rotatable bonds is 18. The van der Waals surface area contributed by atoms with Gasteiger partial charge in [0.1, 0.15) is 24.3 Å². The maximum Gasteiger partial charge on any atom is 0.236 e. The molecule has 10 rings (SSSR count). The molecule has 2 amide bonds. The van der Waals surface area contributed by atoms with Crippen molar-refractivity contribution in [1.82, 2.24) is 39.5 Å². The second-order valence-electron chi connectivity index (χ2n) is 20.4. The predicted molar refractivity (Wildman–Crippen MR) is 301 cm³/mol. The van der Waals surface area contributed by atoms with Gasteiger partial charge in [0.25, 0.3) is 0 Å². The van der Waals surface area contributed by atoms with Crippen molar-refractivity contribution in [2.75, 3.05) is 77.2 Å². The van der Waals surface area contributed by atoms with Crippen LogP contribution in [0.25, 0.3) is 21.8 Å². The van der Waals surface area contributed by atoms with Crippen LogP contribution < -0.4 is 29.6 Å². The van der Waals surface area contributed by atoms with Gasteiger partial charge in [-0.2, -0.15) is 0 Å². The number of fused-ring (bicyclic) bond motifs is 2. The SMILES string of the molecule is CCCCN1CCN(C2CCC(Oc3cc4c(Nc5cccc(Cl)c5F)ncnc4cc3OC)CC2)CC1=O.CCCCN1CCN(C2CCC(Oc3cc4c(Nc5cccc(Cl)c5F)ncnc4cc3OC)CC2)CC1=O. The van der Waals surface area contributed by atoms with Crippen LogP contribution in [-0.4, -0.2) is 142 Å². The fourth-order valence-corrected chi connectivity index (χ4v) is 11.3. The molecule has 16 nitrogen and oxygen atoms in total. The number of halogens is 4. The number of piperazine rings is 2. The van der Waals surface area contributed by atoms with Gasteiger partial charge in [0, 0.05) is 74.3 Å². The number of hydrogen-bond donors (Lipinski definition) is 2. The number of amides is 2. The summed E-state index contributed by atoms with van der Waals surface area (Å²) in [6.07, 6.45) is 14.7. The number of carbonyl (C=O) groups is 2. The van der Waals surface area contributed by atoms with Crippen LogP contribution in [0.5, 0.6) is 23.0 Å². The van der Waals surface area contributed by atoms with Gasteiger partial charge in [-0.25, -0.2) is 28.7 Å². The number of aromatic nitrogens is 4. The van der Waals surface area contributed by atoms with Crippen LogP contribution in [-0.2, 0) is 9.59 Å². The van der Waals surface area contributed by atoms with Crippen molar-refractivity contribution in [3.05, 3.63) is 95.0 Å². The number of unbranched alkanes of at least 4 members (excludes halogenated alkanes) is 2. The van der Waals surface area contributed by atoms with Crippen molar-refractivity contribution < 1.29 is 37.3 Å². The zero-order valence-corrected chi connectivity index (χ0v) is 46.4. The van der Waals surface area contributed by atoms with Crippen LogP contribution in [0.3, 0.4) is 0 Å². The van der Waals surface area contributed by atoms with Crippen LogP contribution in [0.15, 0.2) is 73.3 Å². The number of nitrogens with one attached hydrogen (secondary N) is 2. The van der Waals surface area contributed by atoms with E-state index in [1.807, 2.05) is 21.9 Å². The number of ether oxygens (including phenoxy) is 4. The molecule has 4 heterocycles. The molecule has 0 unspecified atom stereocenters. The summed E-state index contributed by atoms with van der Waals surface area (Å²) in [7, 11) is 3.20. The summed E-state index contributed by atoms with van der Waals surface area (Å²) < 4.78 is 53.2. The summed E-state index contributed by atoms with van der Waals surface area (Å²) in [4.78, 5) is 51.4. The van der Waals surface area contributed by atoms with E-state index in [1.165, 1.54) is 24.8 Å². The lowest BCUT2D eigenvalue weighted by Gasteiger charge is -2.41. The Kier molecular flexibility index (Phi) is 19.2. The van der Waals surface area contributed by atoms with Gasteiger partial charge in [-0.15, -0.1) is 0 Å². The Morgan fingerprint density at radius 3 is 1.35 bits per heavy atom. The van der Waals surface area contributed by atoms with Crippen LogP contribution in [0.1, 0.15) is 90.9 Å². The summed E-state index contributed by atoms with van der Waals surface area (Å²) in [6.45, 7) is 10.6. The Balaban J connectivity index is 0.000000190. The first-order valence-electron chi connectivity index (χ1n) is 27.4. The molecule has 0 radical (unpaired) electrons. The zero-order chi connectivity index (χ0) is 54.7. The van der Waals surface area contributed by atoms with E-state index in [4.69, 9.17) is 42.1 Å². The van der Waals surface area contributed by atoms with Gasteiger partial charge in [-0.05, 0) is 101 Å². The minimum absolute atomic E-state index is 0.0283. The molecular weight excluding hydrogens is 1040 g/mol. The third kappa shape index (κ3) is 13.6. The Labute approximate surface area is 465 Å². The Morgan fingerprint density at radius 2 is 0.974 bits per heavy atom. The first kappa shape index (κ1) is 56.4. The summed E-state index contributed by atoms with van der Waals surface area (Å²) in [5, 5.41) is 7.50. The lowest BCUT2D eigenvalue weighted by molar-refractivity contribution is -0.138. The van der Waals surface area contributed by atoms with Gasteiger partial charge in [0.05, 0.1) is 72.0 Å². The molecule has 2 saturated carbocycles. The normalized spacial score (nSPS) is 20.3. The van der Waals surface area contributed by atoms with Gasteiger partial charge < -0.3 is 39.4 Å². The first-order valence-corrected chi connectivity index (χ1v) is 28.1. The molecule has 6 aromatic rings. The van der Waals surface area contributed by atoms with Crippen LogP contribution in [0.2, 0.25) is 10.0 Å². The molecule has 2 N–H and O–H groups in total. The summed E-state index contributed by atoms with van der Waals surface area (Å²) in [5.41, 5.74) is 1.74. The van der Waals surface area contributed by atoms with Crippen molar-refractivity contribution in [2.45, 2.75) is 115 Å². The van der Waals surface area contributed by atoms with Crippen molar-refractivity contribution in [1.29, 1.82) is 0 Å². The van der Waals surface area contributed by atoms with E-state index in [-0.39, 0.29) is 45.4 Å². The smallest absolute Gasteiger partial charge is 0.236 e. The van der Waals surface area contributed by atoms with Gasteiger partial charge in [-0.3, -0.25) is 19.4 Å². The molecule has 4 aromatic carbocycles. The number of anilines is 4. The van der Waals surface area contributed by atoms with Crippen molar-refractivity contribution >= 4 is 79.8 Å². The molecule has 0 bridgehead atoms. The van der Waals surface area contributed by atoms with E-state index in [1.54, 1.807) is 50.6 Å². The highest BCUT2D eigenvalue weighted by molar-refractivity contribution is 6.31. The van der Waals surface area contributed by atoms with Crippen molar-refractivity contribution in [3.8, 4) is 23.0 Å². The highest BCUT2D eigenvalue weighted by Gasteiger charge is 2.34. The van der Waals surface area contributed by atoms with E-state index >= 15 is 0 Å². The zero-order valence-electron chi connectivity index (χ0n) is 44.9. The summed E-state index contributed by atoms with van der Waals surface area (Å²) in [5.74, 6) is 2.65. The number of methoxy groups -OCH3 is 2. The van der Waals surface area contributed by atoms with Gasteiger partial charge in [0.2, 0.25) is 11.8 Å². The van der Waals surface area contributed by atoms with E-state index < -0.39 is 11.6 Å². The second kappa shape index (κ2) is 26.5. The van der Waals surface area contributed by atoms with E-state index in [9.17, 15) is 18.4 Å². The van der Waals surface area contributed by atoms with E-state index in [0.717, 1.165) is 116 Å². The molecule has 0 spiro atoms. The third-order valence-electron chi connectivity index (χ3n) is 15.4. The van der Waals surface area contributed by atoms with E-state index in [0.29, 0.717) is 81.6 Å². The number of nitrogens with zero attached hydrogens (tertiary/aromatic N) is 8. The largest absolute Gasteiger partial charge is 0.493 e. The molecule has 4 aliphatic rings. The second-order valence-corrected chi connectivity index (χ2v) is 21.3. The first-order chi connectivity index (χ1) is 37.9. The van der Waals surface area contributed by atoms with Crippen LogP contribution in [0, 0.1) is 11.6 Å². The molecule has 78 heavy (non-hydrogen) atoms. The standard InChI is InChI=1S/2C29H35ClFN5O3/c2*1-3-4-12-35-13-14-36(17-27(35)37)19-8-10-20(11-9-19)39-26-15-21-24(16-25(26)38-2)32-18-33-29(21)34-23-7-5-6-22(30)28(23)31/h2*5-7,15-16,18-20H,3-4,8-14,17H2,1-2H3,(H,32,33,34). The van der Waals surface area contributed by atoms with Crippen LogP contribution in [0.4, 0.5) is 31.8 Å². The molecule has 2 saturated heterocycles. The maximum atomic E-state index is 14.5. The average molecular weight is 1110 g/mol. The van der Waals surface area contributed by atoms with Gasteiger partial charge in [-0.1, -0.05) is 62.0 Å². The van der Waals surface area contributed by atoms with Crippen molar-refractivity contribution in [2.24, 2.45) is 0 Å². The number of hydrogen-bond acceptors (Lipinski definition) is 14. The highest BCUT2D eigenvalue weighted by atomic mass is 35.5. The topological polar surface area (TPSA) is 160 Å². The molecule has 20 heteroatoms. The van der Waals surface area contributed by atoms with Crippen LogP contribution >= 0.6 is 23.2 Å². The molecule has 4 fully saturated rings. The third-order valence-corrected chi connectivity index (χ3v) is 16.0. The monoisotopic (exact) mass is 1110 g/mol. The van der Waals surface area contributed by atoms with Crippen molar-refractivity contribution in [3.63, 3.8) is 0 Å². The Hall–Kier alpha value is -6.34. The Morgan fingerprint density at radius 1 is 0.564 bits per heavy atom. The lowest BCUT2D eigenvalue weighted by atomic mass is 9.91. The quantitative estimate of drug-likeness (QED) is 0.0837. The highest BCUT2D eigenvalue weighted by Crippen LogP contribution is 2.40. The molecule has 0 atom stereocenters. The van der Waals surface area contributed by atoms with E-state index in [2.05, 4.69) is 54.2 Å². The Bertz CT molecular complexity index is 2840. The van der Waals surface area contributed by atoms with Gasteiger partial charge in [0.15, 0.2) is 34.6 Å². The molecule has 416 valence electrons. The molecular formula is C58H70Cl2F2N10O6. The fourth-order valence-electron chi connectivity index (χ4n) is 10.9. The molecule has 2 aromatic heterocycles. The lowest BCUT2D eigenvalue weighted by Crippen LogP contribution is -2.54. The number of carbonyl (C=O) groups excluding carboxylic acids is 2. The fraction of sp³-hybridized carbons (Fsp3) is 0.483. The molecule has 2 aliphatic carbocycles.